The molecule has 0 spiro atoms. The van der Waals surface area contributed by atoms with Crippen molar-refractivity contribution in [2.75, 3.05) is 0 Å². The van der Waals surface area contributed by atoms with E-state index in [0.717, 1.165) is 0 Å². The van der Waals surface area contributed by atoms with E-state index in [0.29, 0.717) is 5.92 Å². The molecule has 1 atom stereocenters. The van der Waals surface area contributed by atoms with Gasteiger partial charge < -0.3 is 24.8 Å². The van der Waals surface area contributed by atoms with Crippen molar-refractivity contribution in [3.05, 3.63) is 82.9 Å². The molecule has 0 saturated carbocycles. The van der Waals surface area contributed by atoms with E-state index in [2.05, 4.69) is 73.7 Å². The zero-order valence-corrected chi connectivity index (χ0v) is 16.2. The van der Waals surface area contributed by atoms with Crippen molar-refractivity contribution < 1.29 is 51.0 Å². The quantitative estimate of drug-likeness (QED) is 0.461. The van der Waals surface area contributed by atoms with Crippen LogP contribution in [0.3, 0.4) is 0 Å². The number of hydrogen-bond donors (Lipinski definition) is 0. The second-order valence-electron chi connectivity index (χ2n) is 5.33. The maximum absolute atomic E-state index is 2.33. The molecule has 3 heteroatoms. The van der Waals surface area contributed by atoms with Gasteiger partial charge in [-0.05, 0) is 34.7 Å². The minimum Gasteiger partial charge on any atom is -1.00 e. The minimum absolute atomic E-state index is 0. The van der Waals surface area contributed by atoms with E-state index in [1.54, 1.807) is 0 Å². The first kappa shape index (κ1) is 19.3. The summed E-state index contributed by atoms with van der Waals surface area (Å²) in [6.07, 6.45) is 2.33. The predicted molar refractivity (Wildman–Crippen MR) is 81.5 cm³/mol. The van der Waals surface area contributed by atoms with E-state index in [9.17, 15) is 0 Å². The molecule has 3 aromatic carbocycles. The second kappa shape index (κ2) is 7.69. The topological polar surface area (TPSA) is 0 Å². The van der Waals surface area contributed by atoms with Gasteiger partial charge in [0.2, 0.25) is 0 Å². The molecule has 0 amide bonds. The summed E-state index contributed by atoms with van der Waals surface area (Å²) in [7, 11) is 0. The molecule has 0 aromatic heterocycles. The van der Waals surface area contributed by atoms with Gasteiger partial charge in [-0.25, -0.2) is 12.1 Å². The van der Waals surface area contributed by atoms with Gasteiger partial charge >= 0.3 is 26.2 Å². The first-order valence-corrected chi connectivity index (χ1v) is 6.76. The average molecular weight is 405 g/mol. The van der Waals surface area contributed by atoms with Crippen LogP contribution in [0.15, 0.2) is 66.2 Å². The fourth-order valence-electron chi connectivity index (χ4n) is 3.33. The van der Waals surface area contributed by atoms with E-state index < -0.39 is 0 Å². The van der Waals surface area contributed by atoms with E-state index in [-0.39, 0.29) is 51.0 Å². The Kier molecular flexibility index (Phi) is 6.74. The van der Waals surface area contributed by atoms with Crippen LogP contribution < -0.4 is 24.8 Å². The average Bonchev–Trinajstić information content (AvgIpc) is 3.04. The number of halogens is 2. The van der Waals surface area contributed by atoms with Gasteiger partial charge in [-0.1, -0.05) is 48.0 Å². The molecule has 1 unspecified atom stereocenters. The van der Waals surface area contributed by atoms with Crippen LogP contribution in [0.5, 0.6) is 0 Å². The SMILES string of the molecule is CC1=Cc2ccc3ccccc3c2C1[c-]1cccc1.[Cl-].[Cl-].[Zr+3]. The zero-order valence-electron chi connectivity index (χ0n) is 12.2. The van der Waals surface area contributed by atoms with Crippen LogP contribution in [0.2, 0.25) is 0 Å². The molecule has 1 aliphatic carbocycles. The maximum Gasteiger partial charge on any atom is 3.00 e. The fourth-order valence-corrected chi connectivity index (χ4v) is 3.33. The minimum atomic E-state index is 0. The smallest absolute Gasteiger partial charge is 1.00 e. The Labute approximate surface area is 162 Å². The third-order valence-corrected chi connectivity index (χ3v) is 4.15. The summed E-state index contributed by atoms with van der Waals surface area (Å²) in [5, 5.41) is 2.72. The molecular formula is C19H15Cl2Zr. The van der Waals surface area contributed by atoms with Gasteiger partial charge in [0.25, 0.3) is 0 Å². The van der Waals surface area contributed by atoms with Gasteiger partial charge in [0.05, 0.1) is 0 Å². The number of allylic oxidation sites excluding steroid dienone is 1. The first-order chi connectivity index (χ1) is 9.34. The van der Waals surface area contributed by atoms with Gasteiger partial charge in [0, 0.05) is 0 Å². The summed E-state index contributed by atoms with van der Waals surface area (Å²) in [4.78, 5) is 0. The van der Waals surface area contributed by atoms with Crippen LogP contribution in [-0.4, -0.2) is 0 Å². The maximum atomic E-state index is 2.33. The van der Waals surface area contributed by atoms with Crippen molar-refractivity contribution in [3.8, 4) is 0 Å². The van der Waals surface area contributed by atoms with E-state index in [1.807, 2.05) is 0 Å². The van der Waals surface area contributed by atoms with Crippen LogP contribution >= 0.6 is 0 Å². The van der Waals surface area contributed by atoms with Gasteiger partial charge in [-0.3, -0.25) is 0 Å². The molecule has 0 N–H and O–H groups in total. The van der Waals surface area contributed by atoms with Crippen LogP contribution in [0.1, 0.15) is 29.5 Å². The summed E-state index contributed by atoms with van der Waals surface area (Å²) in [5.74, 6) is 0.427. The van der Waals surface area contributed by atoms with Crippen molar-refractivity contribution >= 4 is 16.8 Å². The van der Waals surface area contributed by atoms with Gasteiger partial charge in [-0.2, -0.15) is 12.1 Å². The number of fused-ring (bicyclic) bond motifs is 3. The molecule has 0 nitrogen and oxygen atoms in total. The summed E-state index contributed by atoms with van der Waals surface area (Å²) in [5.41, 5.74) is 5.70. The Balaban J connectivity index is 0.000000807. The zero-order chi connectivity index (χ0) is 12.8. The van der Waals surface area contributed by atoms with Crippen molar-refractivity contribution in [2.45, 2.75) is 12.8 Å². The molecular weight excluding hydrogens is 390 g/mol. The Bertz CT molecular complexity index is 788. The van der Waals surface area contributed by atoms with Gasteiger partial charge in [0.1, 0.15) is 0 Å². The van der Waals surface area contributed by atoms with Crippen molar-refractivity contribution in [1.82, 2.24) is 0 Å². The molecule has 4 rings (SSSR count). The van der Waals surface area contributed by atoms with Crippen molar-refractivity contribution in [1.29, 1.82) is 0 Å². The normalized spacial score (nSPS) is 15.1. The first-order valence-electron chi connectivity index (χ1n) is 6.76. The predicted octanol–water partition coefficient (Wildman–Crippen LogP) is -0.887. The molecule has 0 heterocycles. The van der Waals surface area contributed by atoms with Crippen LogP contribution in [0, 0.1) is 0 Å². The fraction of sp³-hybridized carbons (Fsp3) is 0.105. The van der Waals surface area contributed by atoms with Gasteiger partial charge in [-0.15, -0.1) is 5.56 Å². The molecule has 0 fully saturated rings. The van der Waals surface area contributed by atoms with Crippen molar-refractivity contribution in [2.24, 2.45) is 0 Å². The number of rotatable bonds is 1. The summed E-state index contributed by atoms with van der Waals surface area (Å²) in [6.45, 7) is 2.24. The largest absolute Gasteiger partial charge is 3.00 e. The van der Waals surface area contributed by atoms with Crippen LogP contribution in [0.25, 0.3) is 16.8 Å². The number of hydrogen-bond acceptors (Lipinski definition) is 0. The number of benzene rings is 2. The monoisotopic (exact) mass is 403 g/mol. The molecule has 0 aliphatic heterocycles. The van der Waals surface area contributed by atoms with Gasteiger partial charge in [0.15, 0.2) is 0 Å². The standard InChI is InChI=1S/C19H15.2ClH.Zr/c1-13-12-16-11-10-14-6-4-5-9-17(14)19(16)18(13)15-7-2-3-8-15;;;/h2-12,18H,1H3;2*1H;/q-1;;;+3/p-2. The van der Waals surface area contributed by atoms with Crippen LogP contribution in [-0.2, 0) is 26.2 Å². The summed E-state index contributed by atoms with van der Waals surface area (Å²) in [6, 6.07) is 21.9. The van der Waals surface area contributed by atoms with Crippen LogP contribution in [0.4, 0.5) is 0 Å². The third-order valence-electron chi connectivity index (χ3n) is 4.15. The molecule has 1 aliphatic rings. The molecule has 0 bridgehead atoms. The molecule has 1 radical (unpaired) electrons. The molecule has 0 saturated heterocycles. The Morgan fingerprint density at radius 1 is 0.864 bits per heavy atom. The Morgan fingerprint density at radius 2 is 1.55 bits per heavy atom. The van der Waals surface area contributed by atoms with E-state index >= 15 is 0 Å². The van der Waals surface area contributed by atoms with E-state index in [4.69, 9.17) is 0 Å². The summed E-state index contributed by atoms with van der Waals surface area (Å²) >= 11 is 0. The second-order valence-corrected chi connectivity index (χ2v) is 5.33. The van der Waals surface area contributed by atoms with E-state index in [1.165, 1.54) is 33.0 Å². The molecule has 22 heavy (non-hydrogen) atoms. The third kappa shape index (κ3) is 3.00. The summed E-state index contributed by atoms with van der Waals surface area (Å²) < 4.78 is 0. The molecule has 3 aromatic rings. The Morgan fingerprint density at radius 3 is 2.27 bits per heavy atom. The molecule has 109 valence electrons. The van der Waals surface area contributed by atoms with Crippen molar-refractivity contribution in [3.63, 3.8) is 0 Å². The Hall–Kier alpha value is -0.747.